The number of amides is 2. The van der Waals surface area contributed by atoms with Gasteiger partial charge in [-0.1, -0.05) is 0 Å². The zero-order chi connectivity index (χ0) is 13.1. The van der Waals surface area contributed by atoms with Crippen LogP contribution in [0.5, 0.6) is 0 Å². The average Bonchev–Trinajstić information content (AvgIpc) is 2.18. The number of carbonyl (C=O) groups is 1. The van der Waals surface area contributed by atoms with Gasteiger partial charge >= 0.3 is 12.2 Å². The summed E-state index contributed by atoms with van der Waals surface area (Å²) in [4.78, 5) is 11.0. The van der Waals surface area contributed by atoms with Gasteiger partial charge in [-0.3, -0.25) is 0 Å². The van der Waals surface area contributed by atoms with Crippen LogP contribution in [0.25, 0.3) is 0 Å². The van der Waals surface area contributed by atoms with E-state index in [1.807, 2.05) is 5.32 Å². The molecule has 0 saturated heterocycles. The number of nitrogen functional groups attached to an aromatic ring is 1. The number of nitrogens with two attached hydrogens (primary N) is 1. The Balaban J connectivity index is 2.57. The molecule has 1 aromatic rings. The minimum atomic E-state index is -4.52. The second-order valence-electron chi connectivity index (χ2n) is 3.16. The van der Waals surface area contributed by atoms with Crippen LogP contribution in [0.2, 0.25) is 0 Å². The van der Waals surface area contributed by atoms with E-state index in [1.165, 1.54) is 11.4 Å². The predicted octanol–water partition coefficient (Wildman–Crippen LogP) is 2.09. The zero-order valence-electron chi connectivity index (χ0n) is 8.44. The Morgan fingerprint density at radius 1 is 1.35 bits per heavy atom. The summed E-state index contributed by atoms with van der Waals surface area (Å²) in [6.07, 6.45) is -4.52. The number of halogens is 4. The van der Waals surface area contributed by atoms with Gasteiger partial charge in [0.25, 0.3) is 0 Å². The Bertz CT molecular complexity index is 419. The highest BCUT2D eigenvalue weighted by molar-refractivity contribution is 5.89. The van der Waals surface area contributed by atoms with Crippen molar-refractivity contribution in [2.24, 2.45) is 0 Å². The lowest BCUT2D eigenvalue weighted by Gasteiger charge is -2.10. The molecule has 0 aromatic heterocycles. The molecule has 0 saturated carbocycles. The standard InChI is InChI=1S/C9H9F4N3O/c10-6-3-5(14)1-2-7(6)16-8(17)15-4-9(11,12)13/h1-3H,4,14H2,(H2,15,16,17). The zero-order valence-corrected chi connectivity index (χ0v) is 8.44. The monoisotopic (exact) mass is 251 g/mol. The summed E-state index contributed by atoms with van der Waals surface area (Å²) in [5.74, 6) is -0.827. The molecule has 0 unspecified atom stereocenters. The summed E-state index contributed by atoms with van der Waals surface area (Å²) in [7, 11) is 0. The van der Waals surface area contributed by atoms with Crippen LogP contribution < -0.4 is 16.4 Å². The largest absolute Gasteiger partial charge is 0.405 e. The van der Waals surface area contributed by atoms with Gasteiger partial charge < -0.3 is 16.4 Å². The van der Waals surface area contributed by atoms with E-state index in [9.17, 15) is 22.4 Å². The van der Waals surface area contributed by atoms with Gasteiger partial charge in [0.2, 0.25) is 0 Å². The van der Waals surface area contributed by atoms with Crippen molar-refractivity contribution in [3.8, 4) is 0 Å². The van der Waals surface area contributed by atoms with E-state index in [-0.39, 0.29) is 11.4 Å². The summed E-state index contributed by atoms with van der Waals surface area (Å²) in [5.41, 5.74) is 5.15. The second kappa shape index (κ2) is 4.89. The van der Waals surface area contributed by atoms with Crippen LogP contribution in [-0.4, -0.2) is 18.8 Å². The molecule has 0 aliphatic carbocycles. The molecule has 2 amide bonds. The molecule has 0 atom stereocenters. The Morgan fingerprint density at radius 2 is 2.00 bits per heavy atom. The van der Waals surface area contributed by atoms with Gasteiger partial charge in [0.1, 0.15) is 12.4 Å². The van der Waals surface area contributed by atoms with E-state index >= 15 is 0 Å². The first kappa shape index (κ1) is 13.1. The first-order valence-corrected chi connectivity index (χ1v) is 4.44. The molecule has 4 nitrogen and oxygen atoms in total. The molecule has 1 rings (SSSR count). The third-order valence-corrected chi connectivity index (χ3v) is 1.69. The van der Waals surface area contributed by atoms with Crippen molar-refractivity contribution >= 4 is 17.4 Å². The highest BCUT2D eigenvalue weighted by Gasteiger charge is 2.27. The Morgan fingerprint density at radius 3 is 2.53 bits per heavy atom. The molecule has 0 radical (unpaired) electrons. The number of hydrogen-bond donors (Lipinski definition) is 3. The van der Waals surface area contributed by atoms with Crippen molar-refractivity contribution in [3.05, 3.63) is 24.0 Å². The minimum Gasteiger partial charge on any atom is -0.399 e. The van der Waals surface area contributed by atoms with E-state index in [4.69, 9.17) is 5.73 Å². The normalized spacial score (nSPS) is 11.1. The molecule has 0 spiro atoms. The lowest BCUT2D eigenvalue weighted by atomic mass is 10.3. The minimum absolute atomic E-state index is 0.142. The number of anilines is 2. The van der Waals surface area contributed by atoms with Crippen LogP contribution in [0.4, 0.5) is 33.7 Å². The molecule has 94 valence electrons. The fraction of sp³-hybridized carbons (Fsp3) is 0.222. The molecule has 17 heavy (non-hydrogen) atoms. The van der Waals surface area contributed by atoms with Crippen molar-refractivity contribution in [1.82, 2.24) is 5.32 Å². The lowest BCUT2D eigenvalue weighted by Crippen LogP contribution is -2.36. The third kappa shape index (κ3) is 4.58. The molecule has 0 aliphatic heterocycles. The first-order chi connectivity index (χ1) is 7.78. The fourth-order valence-electron chi connectivity index (χ4n) is 0.980. The Labute approximate surface area is 93.8 Å². The van der Waals surface area contributed by atoms with Crippen molar-refractivity contribution < 1.29 is 22.4 Å². The number of benzene rings is 1. The number of alkyl halides is 3. The summed E-state index contributed by atoms with van der Waals surface area (Å²) in [5, 5.41) is 3.47. The Hall–Kier alpha value is -1.99. The van der Waals surface area contributed by atoms with Crippen LogP contribution in [0.3, 0.4) is 0 Å². The summed E-state index contributed by atoms with van der Waals surface area (Å²) < 4.78 is 48.4. The summed E-state index contributed by atoms with van der Waals surface area (Å²) in [6, 6.07) is 2.26. The van der Waals surface area contributed by atoms with Gasteiger partial charge in [-0.05, 0) is 18.2 Å². The van der Waals surface area contributed by atoms with Gasteiger partial charge in [-0.15, -0.1) is 0 Å². The van der Waals surface area contributed by atoms with Crippen LogP contribution in [0.15, 0.2) is 18.2 Å². The van der Waals surface area contributed by atoms with E-state index in [1.54, 1.807) is 0 Å². The SMILES string of the molecule is Nc1ccc(NC(=O)NCC(F)(F)F)c(F)c1. The first-order valence-electron chi connectivity index (χ1n) is 4.44. The van der Waals surface area contributed by atoms with Crippen LogP contribution in [0, 0.1) is 5.82 Å². The number of rotatable bonds is 2. The van der Waals surface area contributed by atoms with Crippen LogP contribution >= 0.6 is 0 Å². The van der Waals surface area contributed by atoms with Gasteiger partial charge in [-0.2, -0.15) is 13.2 Å². The van der Waals surface area contributed by atoms with Crippen molar-refractivity contribution in [2.75, 3.05) is 17.6 Å². The quantitative estimate of drug-likeness (QED) is 0.556. The molecule has 8 heteroatoms. The van der Waals surface area contributed by atoms with E-state index in [0.717, 1.165) is 12.1 Å². The molecule has 0 heterocycles. The predicted molar refractivity (Wildman–Crippen MR) is 53.9 cm³/mol. The van der Waals surface area contributed by atoms with Crippen molar-refractivity contribution in [2.45, 2.75) is 6.18 Å². The van der Waals surface area contributed by atoms with Gasteiger partial charge in [-0.25, -0.2) is 9.18 Å². The van der Waals surface area contributed by atoms with Crippen LogP contribution in [0.1, 0.15) is 0 Å². The number of carbonyl (C=O) groups excluding carboxylic acids is 1. The Kier molecular flexibility index (Phi) is 3.77. The van der Waals surface area contributed by atoms with Crippen molar-refractivity contribution in [1.29, 1.82) is 0 Å². The maximum atomic E-state index is 13.1. The molecular weight excluding hydrogens is 242 g/mol. The second-order valence-corrected chi connectivity index (χ2v) is 3.16. The maximum absolute atomic E-state index is 13.1. The van der Waals surface area contributed by atoms with E-state index < -0.39 is 24.6 Å². The summed E-state index contributed by atoms with van der Waals surface area (Å²) in [6.45, 7) is -1.49. The molecule has 4 N–H and O–H groups in total. The smallest absolute Gasteiger partial charge is 0.399 e. The van der Waals surface area contributed by atoms with Gasteiger partial charge in [0.15, 0.2) is 0 Å². The molecule has 0 fully saturated rings. The third-order valence-electron chi connectivity index (χ3n) is 1.69. The highest BCUT2D eigenvalue weighted by atomic mass is 19.4. The lowest BCUT2D eigenvalue weighted by molar-refractivity contribution is -0.122. The number of urea groups is 1. The van der Waals surface area contributed by atoms with Crippen LogP contribution in [-0.2, 0) is 0 Å². The maximum Gasteiger partial charge on any atom is 0.405 e. The van der Waals surface area contributed by atoms with E-state index in [2.05, 4.69) is 0 Å². The van der Waals surface area contributed by atoms with Gasteiger partial charge in [0, 0.05) is 5.69 Å². The fourth-order valence-corrected chi connectivity index (χ4v) is 0.980. The molecule has 0 aliphatic rings. The molecule has 1 aromatic carbocycles. The number of nitrogens with one attached hydrogen (secondary N) is 2. The molecular formula is C9H9F4N3O. The highest BCUT2D eigenvalue weighted by Crippen LogP contribution is 2.17. The molecule has 0 bridgehead atoms. The average molecular weight is 251 g/mol. The van der Waals surface area contributed by atoms with Crippen molar-refractivity contribution in [3.63, 3.8) is 0 Å². The van der Waals surface area contributed by atoms with Gasteiger partial charge in [0.05, 0.1) is 5.69 Å². The topological polar surface area (TPSA) is 67.1 Å². The number of hydrogen-bond acceptors (Lipinski definition) is 2. The van der Waals surface area contributed by atoms with E-state index in [0.29, 0.717) is 0 Å². The summed E-state index contributed by atoms with van der Waals surface area (Å²) >= 11 is 0.